The number of hydrogen-bond donors (Lipinski definition) is 0. The number of rotatable bonds is 4. The monoisotopic (exact) mass is 310 g/mol. The van der Waals surface area contributed by atoms with Gasteiger partial charge in [-0.1, -0.05) is 36.7 Å². The van der Waals surface area contributed by atoms with Gasteiger partial charge in [0.1, 0.15) is 0 Å². The van der Waals surface area contributed by atoms with Crippen LogP contribution < -0.4 is 0 Å². The predicted molar refractivity (Wildman–Crippen MR) is 92.5 cm³/mol. The van der Waals surface area contributed by atoms with Crippen molar-refractivity contribution in [3.8, 4) is 0 Å². The highest BCUT2D eigenvalue weighted by Crippen LogP contribution is 2.26. The third kappa shape index (κ3) is 3.28. The fourth-order valence-electron chi connectivity index (χ4n) is 2.84. The molecule has 112 valence electrons. The smallest absolute Gasteiger partial charge is 0.0918 e. The summed E-state index contributed by atoms with van der Waals surface area (Å²) in [5.41, 5.74) is 5.75. The highest BCUT2D eigenvalue weighted by molar-refractivity contribution is 6.30. The zero-order chi connectivity index (χ0) is 15.5. The molecule has 0 spiro atoms. The summed E-state index contributed by atoms with van der Waals surface area (Å²) in [6, 6.07) is 12.5. The fourth-order valence-corrected chi connectivity index (χ4v) is 3.14. The Kier molecular flexibility index (Phi) is 4.39. The molecular formula is C19H19ClN2. The van der Waals surface area contributed by atoms with Gasteiger partial charge in [-0.05, 0) is 60.6 Å². The molecule has 0 saturated heterocycles. The second kappa shape index (κ2) is 6.45. The SMILES string of the molecule is Cc1cc(Cl)cc(C(C)CCc2cccc3nccnc23)c1. The van der Waals surface area contributed by atoms with Crippen LogP contribution in [0.4, 0.5) is 0 Å². The Balaban J connectivity index is 1.79. The van der Waals surface area contributed by atoms with Gasteiger partial charge in [0.05, 0.1) is 11.0 Å². The molecule has 0 amide bonds. The Hall–Kier alpha value is -1.93. The van der Waals surface area contributed by atoms with Crippen molar-refractivity contribution >= 4 is 22.6 Å². The van der Waals surface area contributed by atoms with Gasteiger partial charge in [-0.15, -0.1) is 0 Å². The summed E-state index contributed by atoms with van der Waals surface area (Å²) in [6.45, 7) is 4.34. The number of aromatic nitrogens is 2. The van der Waals surface area contributed by atoms with E-state index in [-0.39, 0.29) is 0 Å². The van der Waals surface area contributed by atoms with E-state index in [4.69, 9.17) is 11.6 Å². The molecule has 3 heteroatoms. The minimum Gasteiger partial charge on any atom is -0.253 e. The maximum atomic E-state index is 6.17. The van der Waals surface area contributed by atoms with E-state index in [1.54, 1.807) is 12.4 Å². The molecule has 0 aliphatic carbocycles. The Morgan fingerprint density at radius 2 is 1.91 bits per heavy atom. The molecule has 3 aromatic rings. The Labute approximate surface area is 136 Å². The average molecular weight is 311 g/mol. The highest BCUT2D eigenvalue weighted by atomic mass is 35.5. The molecular weight excluding hydrogens is 292 g/mol. The second-order valence-electron chi connectivity index (χ2n) is 5.84. The number of hydrogen-bond acceptors (Lipinski definition) is 2. The molecule has 22 heavy (non-hydrogen) atoms. The molecule has 0 fully saturated rings. The number of halogens is 1. The molecule has 1 unspecified atom stereocenters. The Bertz CT molecular complexity index is 773. The van der Waals surface area contributed by atoms with E-state index in [1.807, 2.05) is 12.1 Å². The summed E-state index contributed by atoms with van der Waals surface area (Å²) in [7, 11) is 0. The van der Waals surface area contributed by atoms with Crippen LogP contribution in [0.2, 0.25) is 5.02 Å². The molecule has 1 aromatic heterocycles. The van der Waals surface area contributed by atoms with E-state index in [2.05, 4.69) is 48.1 Å². The van der Waals surface area contributed by atoms with Crippen LogP contribution in [-0.2, 0) is 6.42 Å². The van der Waals surface area contributed by atoms with Crippen molar-refractivity contribution in [3.05, 3.63) is 70.5 Å². The van der Waals surface area contributed by atoms with Crippen LogP contribution in [0.25, 0.3) is 11.0 Å². The zero-order valence-corrected chi connectivity index (χ0v) is 13.6. The fraction of sp³-hybridized carbons (Fsp3) is 0.263. The lowest BCUT2D eigenvalue weighted by atomic mass is 9.93. The molecule has 1 heterocycles. The van der Waals surface area contributed by atoms with Crippen LogP contribution >= 0.6 is 11.6 Å². The number of aryl methyl sites for hydroxylation is 2. The van der Waals surface area contributed by atoms with Gasteiger partial charge in [0.25, 0.3) is 0 Å². The summed E-state index contributed by atoms with van der Waals surface area (Å²) in [5.74, 6) is 0.462. The Morgan fingerprint density at radius 3 is 2.73 bits per heavy atom. The van der Waals surface area contributed by atoms with E-state index < -0.39 is 0 Å². The van der Waals surface area contributed by atoms with Crippen molar-refractivity contribution in [1.29, 1.82) is 0 Å². The van der Waals surface area contributed by atoms with Gasteiger partial charge >= 0.3 is 0 Å². The van der Waals surface area contributed by atoms with Crippen LogP contribution in [0.1, 0.15) is 36.0 Å². The van der Waals surface area contributed by atoms with Crippen LogP contribution in [0.5, 0.6) is 0 Å². The highest BCUT2D eigenvalue weighted by Gasteiger charge is 2.09. The molecule has 0 N–H and O–H groups in total. The molecule has 1 atom stereocenters. The van der Waals surface area contributed by atoms with Crippen LogP contribution in [0.3, 0.4) is 0 Å². The first-order chi connectivity index (χ1) is 10.6. The lowest BCUT2D eigenvalue weighted by Crippen LogP contribution is -1.99. The third-order valence-corrected chi connectivity index (χ3v) is 4.28. The van der Waals surface area contributed by atoms with Crippen LogP contribution in [-0.4, -0.2) is 9.97 Å². The summed E-state index contributed by atoms with van der Waals surface area (Å²) in [6.07, 6.45) is 5.55. The predicted octanol–water partition coefficient (Wildman–Crippen LogP) is 5.33. The topological polar surface area (TPSA) is 25.8 Å². The summed E-state index contributed by atoms with van der Waals surface area (Å²) in [4.78, 5) is 8.85. The lowest BCUT2D eigenvalue weighted by molar-refractivity contribution is 0.680. The lowest BCUT2D eigenvalue weighted by Gasteiger charge is -2.14. The van der Waals surface area contributed by atoms with Gasteiger partial charge in [-0.2, -0.15) is 0 Å². The number of para-hydroxylation sites is 1. The van der Waals surface area contributed by atoms with Crippen LogP contribution in [0.15, 0.2) is 48.8 Å². The first-order valence-electron chi connectivity index (χ1n) is 7.59. The molecule has 0 radical (unpaired) electrons. The normalized spacial score (nSPS) is 12.5. The minimum absolute atomic E-state index is 0.462. The van der Waals surface area contributed by atoms with Gasteiger partial charge in [-0.25, -0.2) is 0 Å². The van der Waals surface area contributed by atoms with Crippen LogP contribution in [0, 0.1) is 6.92 Å². The number of benzene rings is 2. The van der Waals surface area contributed by atoms with E-state index in [1.165, 1.54) is 16.7 Å². The molecule has 0 aliphatic heterocycles. The van der Waals surface area contributed by atoms with Gasteiger partial charge < -0.3 is 0 Å². The largest absolute Gasteiger partial charge is 0.253 e. The van der Waals surface area contributed by atoms with Crippen molar-refractivity contribution in [2.24, 2.45) is 0 Å². The van der Waals surface area contributed by atoms with Gasteiger partial charge in [0.15, 0.2) is 0 Å². The molecule has 0 bridgehead atoms. The number of fused-ring (bicyclic) bond motifs is 1. The second-order valence-corrected chi connectivity index (χ2v) is 6.28. The summed E-state index contributed by atoms with van der Waals surface area (Å²) in [5, 5.41) is 0.817. The van der Waals surface area contributed by atoms with Gasteiger partial charge in [0.2, 0.25) is 0 Å². The van der Waals surface area contributed by atoms with E-state index >= 15 is 0 Å². The standard InChI is InChI=1S/C19H19ClN2/c1-13-10-16(12-17(20)11-13)14(2)6-7-15-4-3-5-18-19(15)22-9-8-21-18/h3-5,8-12,14H,6-7H2,1-2H3. The summed E-state index contributed by atoms with van der Waals surface area (Å²) < 4.78 is 0. The molecule has 2 nitrogen and oxygen atoms in total. The van der Waals surface area contributed by atoms with Gasteiger partial charge in [0, 0.05) is 17.4 Å². The number of nitrogens with zero attached hydrogens (tertiary/aromatic N) is 2. The first kappa shape index (κ1) is 15.0. The Morgan fingerprint density at radius 1 is 1.09 bits per heavy atom. The summed E-state index contributed by atoms with van der Waals surface area (Å²) >= 11 is 6.17. The first-order valence-corrected chi connectivity index (χ1v) is 7.97. The minimum atomic E-state index is 0.462. The van der Waals surface area contributed by atoms with E-state index in [0.29, 0.717) is 5.92 Å². The molecule has 3 rings (SSSR count). The molecule has 0 saturated carbocycles. The van der Waals surface area contributed by atoms with Crippen molar-refractivity contribution in [2.45, 2.75) is 32.6 Å². The zero-order valence-electron chi connectivity index (χ0n) is 12.9. The molecule has 0 aliphatic rings. The quantitative estimate of drug-likeness (QED) is 0.651. The van der Waals surface area contributed by atoms with Gasteiger partial charge in [-0.3, -0.25) is 9.97 Å². The maximum absolute atomic E-state index is 6.17. The van der Waals surface area contributed by atoms with Crippen molar-refractivity contribution in [3.63, 3.8) is 0 Å². The maximum Gasteiger partial charge on any atom is 0.0918 e. The van der Waals surface area contributed by atoms with Crippen molar-refractivity contribution in [2.75, 3.05) is 0 Å². The average Bonchev–Trinajstić information content (AvgIpc) is 2.51. The third-order valence-electron chi connectivity index (χ3n) is 4.06. The van der Waals surface area contributed by atoms with Crippen molar-refractivity contribution in [1.82, 2.24) is 9.97 Å². The molecule has 2 aromatic carbocycles. The van der Waals surface area contributed by atoms with E-state index in [9.17, 15) is 0 Å². The van der Waals surface area contributed by atoms with Crippen molar-refractivity contribution < 1.29 is 0 Å². The van der Waals surface area contributed by atoms with E-state index in [0.717, 1.165) is 28.9 Å².